The number of halogens is 1. The van der Waals surface area contributed by atoms with Crippen LogP contribution in [0.1, 0.15) is 15.9 Å². The van der Waals surface area contributed by atoms with E-state index in [-0.39, 0.29) is 23.4 Å². The molecule has 0 bridgehead atoms. The lowest BCUT2D eigenvalue weighted by Gasteiger charge is -2.20. The molecular formula is C24H23FN2O6S. The molecule has 0 heterocycles. The van der Waals surface area contributed by atoms with Gasteiger partial charge in [-0.05, 0) is 42.3 Å². The van der Waals surface area contributed by atoms with Gasteiger partial charge in [0.25, 0.3) is 0 Å². The van der Waals surface area contributed by atoms with E-state index >= 15 is 0 Å². The van der Waals surface area contributed by atoms with E-state index in [1.165, 1.54) is 32.4 Å². The molecule has 0 fully saturated rings. The van der Waals surface area contributed by atoms with Gasteiger partial charge in [0.15, 0.2) is 0 Å². The summed E-state index contributed by atoms with van der Waals surface area (Å²) in [5.41, 5.74) is 0.934. The first-order valence-corrected chi connectivity index (χ1v) is 11.6. The number of rotatable bonds is 9. The van der Waals surface area contributed by atoms with Crippen molar-refractivity contribution in [1.82, 2.24) is 4.72 Å². The summed E-state index contributed by atoms with van der Waals surface area (Å²) < 4.78 is 52.2. The average molecular weight is 487 g/mol. The monoisotopic (exact) mass is 486 g/mol. The van der Waals surface area contributed by atoms with Crippen molar-refractivity contribution < 1.29 is 31.9 Å². The molecule has 3 aromatic rings. The van der Waals surface area contributed by atoms with Crippen LogP contribution in [-0.2, 0) is 26.0 Å². The van der Waals surface area contributed by atoms with E-state index in [4.69, 9.17) is 9.47 Å². The molecule has 0 aliphatic heterocycles. The Hall–Kier alpha value is -3.76. The lowest BCUT2D eigenvalue weighted by molar-refractivity contribution is -0.117. The summed E-state index contributed by atoms with van der Waals surface area (Å²) >= 11 is 0. The van der Waals surface area contributed by atoms with Crippen LogP contribution in [0.25, 0.3) is 0 Å². The van der Waals surface area contributed by atoms with Crippen molar-refractivity contribution in [1.29, 1.82) is 0 Å². The molecule has 1 unspecified atom stereocenters. The maximum absolute atomic E-state index is 13.8. The van der Waals surface area contributed by atoms with Crippen molar-refractivity contribution in [2.75, 3.05) is 19.5 Å². The fraction of sp³-hybridized carbons (Fsp3) is 0.167. The molecule has 8 nitrogen and oxygen atoms in total. The summed E-state index contributed by atoms with van der Waals surface area (Å²) in [4.78, 5) is 24.8. The second-order valence-electron chi connectivity index (χ2n) is 7.19. The van der Waals surface area contributed by atoms with Crippen LogP contribution in [0.4, 0.5) is 10.1 Å². The van der Waals surface area contributed by atoms with Crippen LogP contribution in [0.15, 0.2) is 77.7 Å². The number of ether oxygens (including phenoxy) is 2. The molecule has 2 N–H and O–H groups in total. The Labute approximate surface area is 196 Å². The molecule has 0 spiro atoms. The van der Waals surface area contributed by atoms with Crippen molar-refractivity contribution >= 4 is 27.6 Å². The van der Waals surface area contributed by atoms with Crippen molar-refractivity contribution in [3.63, 3.8) is 0 Å². The lowest BCUT2D eigenvalue weighted by Crippen LogP contribution is -2.45. The number of benzene rings is 3. The van der Waals surface area contributed by atoms with Crippen LogP contribution < -0.4 is 14.8 Å². The molecule has 0 aliphatic rings. The molecule has 3 rings (SSSR count). The summed E-state index contributed by atoms with van der Waals surface area (Å²) in [6.07, 6.45) is -0.00999. The highest BCUT2D eigenvalue weighted by molar-refractivity contribution is 7.89. The van der Waals surface area contributed by atoms with Gasteiger partial charge in [0, 0.05) is 0 Å². The first kappa shape index (κ1) is 24.9. The molecule has 1 atom stereocenters. The number of hydrogen-bond donors (Lipinski definition) is 2. The summed E-state index contributed by atoms with van der Waals surface area (Å²) in [6, 6.07) is 16.7. The predicted octanol–water partition coefficient (Wildman–Crippen LogP) is 3.15. The number of amides is 1. The number of para-hydroxylation sites is 1. The van der Waals surface area contributed by atoms with Crippen LogP contribution in [0, 0.1) is 5.82 Å². The molecule has 10 heteroatoms. The Kier molecular flexibility index (Phi) is 7.98. The minimum atomic E-state index is -4.38. The largest absolute Gasteiger partial charge is 0.495 e. The minimum absolute atomic E-state index is 0.00999. The third-order valence-corrected chi connectivity index (χ3v) is 6.39. The van der Waals surface area contributed by atoms with Gasteiger partial charge in [-0.15, -0.1) is 0 Å². The number of anilines is 1. The van der Waals surface area contributed by atoms with Gasteiger partial charge >= 0.3 is 5.97 Å². The SMILES string of the molecule is COC(=O)c1ccccc1NC(=O)C(Cc1ccccc1)NS(=O)(=O)c1cc(F)ccc1OC. The summed E-state index contributed by atoms with van der Waals surface area (Å²) in [6.45, 7) is 0. The van der Waals surface area contributed by atoms with E-state index in [0.717, 1.165) is 12.1 Å². The van der Waals surface area contributed by atoms with Gasteiger partial charge < -0.3 is 14.8 Å². The van der Waals surface area contributed by atoms with E-state index in [2.05, 4.69) is 10.0 Å². The van der Waals surface area contributed by atoms with E-state index in [0.29, 0.717) is 5.56 Å². The minimum Gasteiger partial charge on any atom is -0.495 e. The van der Waals surface area contributed by atoms with Gasteiger partial charge in [0.05, 0.1) is 25.5 Å². The van der Waals surface area contributed by atoms with Gasteiger partial charge in [-0.2, -0.15) is 4.72 Å². The molecule has 34 heavy (non-hydrogen) atoms. The Morgan fingerprint density at radius 1 is 0.971 bits per heavy atom. The zero-order valence-corrected chi connectivity index (χ0v) is 19.3. The van der Waals surface area contributed by atoms with Gasteiger partial charge in [-0.1, -0.05) is 42.5 Å². The third-order valence-electron chi connectivity index (χ3n) is 4.90. The van der Waals surface area contributed by atoms with Crippen LogP contribution >= 0.6 is 0 Å². The predicted molar refractivity (Wildman–Crippen MR) is 124 cm³/mol. The Balaban J connectivity index is 1.96. The van der Waals surface area contributed by atoms with E-state index in [9.17, 15) is 22.4 Å². The molecule has 0 radical (unpaired) electrons. The highest BCUT2D eigenvalue weighted by Crippen LogP contribution is 2.25. The number of carbonyl (C=O) groups is 2. The van der Waals surface area contributed by atoms with Crippen molar-refractivity contribution in [3.05, 3.63) is 89.7 Å². The van der Waals surface area contributed by atoms with Gasteiger partial charge in [-0.25, -0.2) is 17.6 Å². The number of hydrogen-bond acceptors (Lipinski definition) is 6. The van der Waals surface area contributed by atoms with Crippen LogP contribution in [0.5, 0.6) is 5.75 Å². The normalized spacial score (nSPS) is 12.0. The highest BCUT2D eigenvalue weighted by atomic mass is 32.2. The van der Waals surface area contributed by atoms with Crippen LogP contribution in [0.2, 0.25) is 0 Å². The van der Waals surface area contributed by atoms with Crippen molar-refractivity contribution in [3.8, 4) is 5.75 Å². The standard InChI is InChI=1S/C24H23FN2O6S/c1-32-21-13-12-17(25)15-22(21)34(30,31)27-20(14-16-8-4-3-5-9-16)23(28)26-19-11-7-6-10-18(19)24(29)33-2/h3-13,15,20,27H,14H2,1-2H3,(H,26,28). The molecule has 3 aromatic carbocycles. The van der Waals surface area contributed by atoms with E-state index in [1.807, 2.05) is 0 Å². The van der Waals surface area contributed by atoms with Crippen LogP contribution in [-0.4, -0.2) is 40.6 Å². The molecule has 0 aliphatic carbocycles. The highest BCUT2D eigenvalue weighted by Gasteiger charge is 2.29. The van der Waals surface area contributed by atoms with E-state index < -0.39 is 38.7 Å². The summed E-state index contributed by atoms with van der Waals surface area (Å²) in [5.74, 6) is -2.25. The fourth-order valence-corrected chi connectivity index (χ4v) is 4.62. The Morgan fingerprint density at radius 3 is 2.32 bits per heavy atom. The number of carbonyl (C=O) groups excluding carboxylic acids is 2. The summed E-state index contributed by atoms with van der Waals surface area (Å²) in [7, 11) is -1.92. The molecule has 0 aromatic heterocycles. The number of esters is 1. The zero-order chi connectivity index (χ0) is 24.7. The molecular weight excluding hydrogens is 463 g/mol. The zero-order valence-electron chi connectivity index (χ0n) is 18.4. The van der Waals surface area contributed by atoms with Gasteiger partial charge in [0.1, 0.15) is 22.5 Å². The average Bonchev–Trinajstić information content (AvgIpc) is 2.84. The van der Waals surface area contributed by atoms with Crippen molar-refractivity contribution in [2.45, 2.75) is 17.4 Å². The second kappa shape index (κ2) is 10.9. The van der Waals surface area contributed by atoms with E-state index in [1.54, 1.807) is 42.5 Å². The molecule has 1 amide bonds. The van der Waals surface area contributed by atoms with Crippen LogP contribution in [0.3, 0.4) is 0 Å². The lowest BCUT2D eigenvalue weighted by atomic mass is 10.1. The molecule has 178 valence electrons. The Bertz CT molecular complexity index is 1280. The maximum atomic E-state index is 13.8. The van der Waals surface area contributed by atoms with Crippen molar-refractivity contribution in [2.24, 2.45) is 0 Å². The quantitative estimate of drug-likeness (QED) is 0.450. The number of nitrogens with one attached hydrogen (secondary N) is 2. The number of sulfonamides is 1. The second-order valence-corrected chi connectivity index (χ2v) is 8.87. The third kappa shape index (κ3) is 5.97. The fourth-order valence-electron chi connectivity index (χ4n) is 3.25. The molecule has 0 saturated carbocycles. The van der Waals surface area contributed by atoms with Gasteiger partial charge in [-0.3, -0.25) is 4.79 Å². The first-order chi connectivity index (χ1) is 16.2. The molecule has 0 saturated heterocycles. The Morgan fingerprint density at radius 2 is 1.65 bits per heavy atom. The maximum Gasteiger partial charge on any atom is 0.339 e. The first-order valence-electron chi connectivity index (χ1n) is 10.1. The number of methoxy groups -OCH3 is 2. The topological polar surface area (TPSA) is 111 Å². The van der Waals surface area contributed by atoms with Gasteiger partial charge in [0.2, 0.25) is 15.9 Å². The smallest absolute Gasteiger partial charge is 0.339 e. The summed E-state index contributed by atoms with van der Waals surface area (Å²) in [5, 5.41) is 2.59.